The van der Waals surface area contributed by atoms with Crippen LogP contribution in [-0.4, -0.2) is 43.6 Å². The first-order chi connectivity index (χ1) is 13.0. The number of guanidine groups is 1. The van der Waals surface area contributed by atoms with Crippen molar-refractivity contribution >= 4 is 23.2 Å². The topological polar surface area (TPSA) is 87.6 Å². The van der Waals surface area contributed by atoms with Crippen molar-refractivity contribution in [1.29, 1.82) is 0 Å². The predicted octanol–water partition coefficient (Wildman–Crippen LogP) is 2.25. The first-order valence-electron chi connectivity index (χ1n) is 8.89. The number of rotatable bonds is 8. The molecule has 2 aromatic rings. The molecule has 1 amide bonds. The van der Waals surface area contributed by atoms with Gasteiger partial charge < -0.3 is 20.7 Å². The third-order valence-corrected chi connectivity index (χ3v) is 4.78. The number of hydrogen-bond donors (Lipinski definition) is 3. The SMILES string of the molecule is CCNC(=NCc1ccc(C)cc1OC)NCCNC(=O)c1scnc1C. The molecule has 27 heavy (non-hydrogen) atoms. The van der Waals surface area contributed by atoms with Crippen LogP contribution in [0.5, 0.6) is 5.75 Å². The lowest BCUT2D eigenvalue weighted by Gasteiger charge is -2.13. The highest BCUT2D eigenvalue weighted by atomic mass is 32.1. The van der Waals surface area contributed by atoms with Crippen LogP contribution in [0.25, 0.3) is 0 Å². The van der Waals surface area contributed by atoms with Gasteiger partial charge in [0.05, 0.1) is 24.9 Å². The molecular weight excluding hydrogens is 362 g/mol. The fourth-order valence-electron chi connectivity index (χ4n) is 2.45. The van der Waals surface area contributed by atoms with Crippen LogP contribution in [0.2, 0.25) is 0 Å². The Hall–Kier alpha value is -2.61. The summed E-state index contributed by atoms with van der Waals surface area (Å²) in [4.78, 5) is 21.4. The molecule has 0 atom stereocenters. The van der Waals surface area contributed by atoms with E-state index in [1.807, 2.05) is 39.0 Å². The Balaban J connectivity index is 1.87. The average Bonchev–Trinajstić information content (AvgIpc) is 3.09. The van der Waals surface area contributed by atoms with E-state index in [4.69, 9.17) is 4.74 Å². The zero-order valence-electron chi connectivity index (χ0n) is 16.3. The fraction of sp³-hybridized carbons (Fsp3) is 0.421. The van der Waals surface area contributed by atoms with Crippen molar-refractivity contribution in [3.63, 3.8) is 0 Å². The predicted molar refractivity (Wildman–Crippen MR) is 110 cm³/mol. The minimum atomic E-state index is -0.0943. The van der Waals surface area contributed by atoms with Crippen molar-refractivity contribution < 1.29 is 9.53 Å². The van der Waals surface area contributed by atoms with Gasteiger partial charge in [-0.2, -0.15) is 0 Å². The number of thiazole rings is 1. The number of nitrogens with one attached hydrogen (secondary N) is 3. The average molecular weight is 390 g/mol. The number of carbonyl (C=O) groups is 1. The van der Waals surface area contributed by atoms with Crippen LogP contribution in [0.1, 0.15) is 33.4 Å². The zero-order chi connectivity index (χ0) is 19.6. The van der Waals surface area contributed by atoms with E-state index in [0.29, 0.717) is 30.5 Å². The van der Waals surface area contributed by atoms with Crippen LogP contribution in [0.4, 0.5) is 0 Å². The van der Waals surface area contributed by atoms with Gasteiger partial charge in [-0.25, -0.2) is 9.98 Å². The number of carbonyl (C=O) groups excluding carboxylic acids is 1. The summed E-state index contributed by atoms with van der Waals surface area (Å²) in [5.41, 5.74) is 4.61. The first kappa shape index (κ1) is 20.7. The molecule has 0 aliphatic carbocycles. The van der Waals surface area contributed by atoms with Gasteiger partial charge in [0.15, 0.2) is 5.96 Å². The summed E-state index contributed by atoms with van der Waals surface area (Å²) in [5.74, 6) is 1.44. The normalized spacial score (nSPS) is 11.2. The monoisotopic (exact) mass is 389 g/mol. The summed E-state index contributed by atoms with van der Waals surface area (Å²) in [6.07, 6.45) is 0. The maximum absolute atomic E-state index is 12.1. The van der Waals surface area contributed by atoms with Crippen molar-refractivity contribution in [3.8, 4) is 5.75 Å². The number of aliphatic imine (C=N–C) groups is 1. The molecule has 0 spiro atoms. The van der Waals surface area contributed by atoms with Crippen molar-refractivity contribution in [2.24, 2.45) is 4.99 Å². The Morgan fingerprint density at radius 3 is 2.67 bits per heavy atom. The van der Waals surface area contributed by atoms with Crippen molar-refractivity contribution in [2.75, 3.05) is 26.7 Å². The summed E-state index contributed by atoms with van der Waals surface area (Å²) in [6, 6.07) is 6.08. The third-order valence-electron chi connectivity index (χ3n) is 3.85. The molecule has 3 N–H and O–H groups in total. The molecule has 1 aromatic carbocycles. The maximum atomic E-state index is 12.1. The highest BCUT2D eigenvalue weighted by molar-refractivity contribution is 7.11. The van der Waals surface area contributed by atoms with E-state index in [1.165, 1.54) is 11.3 Å². The molecule has 146 valence electrons. The summed E-state index contributed by atoms with van der Waals surface area (Å²) in [7, 11) is 1.67. The van der Waals surface area contributed by atoms with Crippen molar-refractivity contribution in [2.45, 2.75) is 27.3 Å². The molecule has 8 heteroatoms. The van der Waals surface area contributed by atoms with Crippen LogP contribution >= 0.6 is 11.3 Å². The highest BCUT2D eigenvalue weighted by Gasteiger charge is 2.10. The van der Waals surface area contributed by atoms with Gasteiger partial charge in [-0.15, -0.1) is 11.3 Å². The highest BCUT2D eigenvalue weighted by Crippen LogP contribution is 2.20. The van der Waals surface area contributed by atoms with E-state index in [9.17, 15) is 4.79 Å². The van der Waals surface area contributed by atoms with Gasteiger partial charge in [-0.1, -0.05) is 12.1 Å². The van der Waals surface area contributed by atoms with Crippen LogP contribution in [0, 0.1) is 13.8 Å². The van der Waals surface area contributed by atoms with Gasteiger partial charge in [-0.3, -0.25) is 4.79 Å². The minimum Gasteiger partial charge on any atom is -0.496 e. The summed E-state index contributed by atoms with van der Waals surface area (Å²) < 4.78 is 5.43. The number of ether oxygens (including phenoxy) is 1. The quantitative estimate of drug-likeness (QED) is 0.366. The number of benzene rings is 1. The number of aryl methyl sites for hydroxylation is 2. The fourth-order valence-corrected chi connectivity index (χ4v) is 3.16. The van der Waals surface area contributed by atoms with Gasteiger partial charge in [0, 0.05) is 25.2 Å². The molecule has 0 aliphatic heterocycles. The van der Waals surface area contributed by atoms with Crippen LogP contribution in [0.15, 0.2) is 28.7 Å². The summed E-state index contributed by atoms with van der Waals surface area (Å²) in [5, 5.41) is 9.32. The summed E-state index contributed by atoms with van der Waals surface area (Å²) in [6.45, 7) is 8.20. The van der Waals surface area contributed by atoms with Crippen molar-refractivity contribution in [1.82, 2.24) is 20.9 Å². The van der Waals surface area contributed by atoms with E-state index in [0.717, 1.165) is 29.1 Å². The molecule has 1 heterocycles. The smallest absolute Gasteiger partial charge is 0.263 e. The Morgan fingerprint density at radius 2 is 2.00 bits per heavy atom. The zero-order valence-corrected chi connectivity index (χ0v) is 17.1. The Kier molecular flexibility index (Phi) is 8.06. The van der Waals surface area contributed by atoms with Gasteiger partial charge in [-0.05, 0) is 32.4 Å². The lowest BCUT2D eigenvalue weighted by Crippen LogP contribution is -2.41. The standard InChI is InChI=1S/C19H27N5O2S/c1-5-20-19(23-11-15-7-6-13(2)10-16(15)26-4)22-9-8-21-18(25)17-14(3)24-12-27-17/h6-7,10,12H,5,8-9,11H2,1-4H3,(H,21,25)(H2,20,22,23). The van der Waals surface area contributed by atoms with Gasteiger partial charge in [0.2, 0.25) is 0 Å². The van der Waals surface area contributed by atoms with Gasteiger partial charge in [0.1, 0.15) is 10.6 Å². The van der Waals surface area contributed by atoms with E-state index < -0.39 is 0 Å². The molecule has 7 nitrogen and oxygen atoms in total. The minimum absolute atomic E-state index is 0.0943. The molecular formula is C19H27N5O2S. The molecule has 0 bridgehead atoms. The van der Waals surface area contributed by atoms with Crippen molar-refractivity contribution in [3.05, 3.63) is 45.4 Å². The second-order valence-corrected chi connectivity index (χ2v) is 6.81. The van der Waals surface area contributed by atoms with E-state index in [1.54, 1.807) is 12.6 Å². The van der Waals surface area contributed by atoms with Gasteiger partial charge in [0.25, 0.3) is 5.91 Å². The summed E-state index contributed by atoms with van der Waals surface area (Å²) >= 11 is 1.35. The lowest BCUT2D eigenvalue weighted by atomic mass is 10.1. The Bertz CT molecular complexity index is 788. The van der Waals surface area contributed by atoms with E-state index >= 15 is 0 Å². The Morgan fingerprint density at radius 1 is 1.22 bits per heavy atom. The molecule has 2 rings (SSSR count). The number of hydrogen-bond acceptors (Lipinski definition) is 5. The first-order valence-corrected chi connectivity index (χ1v) is 9.77. The number of nitrogens with zero attached hydrogens (tertiary/aromatic N) is 2. The lowest BCUT2D eigenvalue weighted by molar-refractivity contribution is 0.0957. The third kappa shape index (κ3) is 6.25. The van der Waals surface area contributed by atoms with Gasteiger partial charge >= 0.3 is 0 Å². The molecule has 1 aromatic heterocycles. The van der Waals surface area contributed by atoms with Crippen LogP contribution in [0.3, 0.4) is 0 Å². The van der Waals surface area contributed by atoms with E-state index in [2.05, 4.69) is 25.9 Å². The number of aromatic nitrogens is 1. The van der Waals surface area contributed by atoms with Crippen LogP contribution < -0.4 is 20.7 Å². The largest absolute Gasteiger partial charge is 0.496 e. The maximum Gasteiger partial charge on any atom is 0.263 e. The molecule has 0 saturated carbocycles. The second-order valence-electron chi connectivity index (χ2n) is 5.96. The second kappa shape index (κ2) is 10.5. The molecule has 0 radical (unpaired) electrons. The molecule has 0 saturated heterocycles. The van der Waals surface area contributed by atoms with E-state index in [-0.39, 0.29) is 5.91 Å². The molecule has 0 unspecified atom stereocenters. The number of amides is 1. The number of methoxy groups -OCH3 is 1. The molecule has 0 fully saturated rings. The van der Waals surface area contributed by atoms with Crippen LogP contribution in [-0.2, 0) is 6.54 Å². The molecule has 0 aliphatic rings. The Labute approximate surface area is 164 Å².